The van der Waals surface area contributed by atoms with Crippen LogP contribution in [0.25, 0.3) is 5.57 Å². The van der Waals surface area contributed by atoms with Crippen LogP contribution in [-0.4, -0.2) is 42.3 Å². The van der Waals surface area contributed by atoms with E-state index in [9.17, 15) is 14.0 Å². The van der Waals surface area contributed by atoms with Gasteiger partial charge in [-0.15, -0.1) is 0 Å². The molecule has 2 unspecified atom stereocenters. The molecule has 0 radical (unpaired) electrons. The van der Waals surface area contributed by atoms with Gasteiger partial charge in [-0.25, -0.2) is 9.18 Å². The maximum absolute atomic E-state index is 14.4. The first-order valence-electron chi connectivity index (χ1n) is 15.7. The molecular formula is C36H40ClFN2O6. The molecule has 6 rings (SSSR count). The van der Waals surface area contributed by atoms with Gasteiger partial charge in [0.1, 0.15) is 5.82 Å². The van der Waals surface area contributed by atoms with E-state index in [1.54, 1.807) is 43.3 Å². The number of carbonyl (C=O) groups excluding carboxylic acids is 1. The standard InChI is InChI=1S/C21H20ClFO3.C15H20N2O3/c1-4-6-14(11-13(2)24)16-7-5-8-19-20(16)26-21(3,25-19)17-10-9-15(22)12-18(17)23;1-2-3-14-16-12-5-4-10(15(18)19)8-13(12)17(14)9-11-6-7-20-11/h5,7-12H,4,6H2,1-3H3;4-5,8,11,14,16H,2-3,6-7,9H2,1H3,(H,18,19)/b14-11+;/t21-;/m1./s1. The lowest BCUT2D eigenvalue weighted by Gasteiger charge is -2.34. The maximum atomic E-state index is 14.4. The number of benzene rings is 3. The molecule has 8 nitrogen and oxygen atoms in total. The van der Waals surface area contributed by atoms with Crippen LogP contribution in [0.2, 0.25) is 5.02 Å². The number of ketones is 1. The fraction of sp³-hybridized carbons (Fsp3) is 0.389. The molecule has 3 atom stereocenters. The molecule has 46 heavy (non-hydrogen) atoms. The van der Waals surface area contributed by atoms with Gasteiger partial charge < -0.3 is 29.5 Å². The Hall–Kier alpha value is -4.08. The van der Waals surface area contributed by atoms with Gasteiger partial charge in [0.05, 0.1) is 34.8 Å². The van der Waals surface area contributed by atoms with Crippen LogP contribution in [0.15, 0.2) is 60.7 Å². The lowest BCUT2D eigenvalue weighted by Crippen LogP contribution is -2.45. The molecule has 3 aromatic rings. The highest BCUT2D eigenvalue weighted by Gasteiger charge is 2.42. The number of hydrogen-bond donors (Lipinski definition) is 2. The van der Waals surface area contributed by atoms with Crippen LogP contribution >= 0.6 is 11.6 Å². The topological polar surface area (TPSA) is 97.3 Å². The lowest BCUT2D eigenvalue weighted by molar-refractivity contribution is -0.112. The molecular weight excluding hydrogens is 611 g/mol. The number of fused-ring (bicyclic) bond motifs is 2. The fourth-order valence-corrected chi connectivity index (χ4v) is 6.13. The molecule has 0 aliphatic carbocycles. The van der Waals surface area contributed by atoms with Crippen molar-refractivity contribution in [2.24, 2.45) is 0 Å². The minimum atomic E-state index is -1.30. The quantitative estimate of drug-likeness (QED) is 0.211. The number of allylic oxidation sites excluding steroid dienone is 2. The number of aromatic carboxylic acids is 1. The van der Waals surface area contributed by atoms with Gasteiger partial charge in [0, 0.05) is 30.7 Å². The fourth-order valence-electron chi connectivity index (χ4n) is 5.97. The van der Waals surface area contributed by atoms with Crippen molar-refractivity contribution in [3.63, 3.8) is 0 Å². The number of rotatable bonds is 10. The highest BCUT2D eigenvalue weighted by atomic mass is 35.5. The summed E-state index contributed by atoms with van der Waals surface area (Å²) in [5.41, 5.74) is 4.27. The van der Waals surface area contributed by atoms with E-state index in [0.717, 1.165) is 67.8 Å². The number of anilines is 2. The number of carboxylic acid groups (broad SMARTS) is 1. The van der Waals surface area contributed by atoms with Gasteiger partial charge in [-0.3, -0.25) is 4.79 Å². The predicted octanol–water partition coefficient (Wildman–Crippen LogP) is 8.43. The summed E-state index contributed by atoms with van der Waals surface area (Å²) in [7, 11) is 0. The van der Waals surface area contributed by atoms with Crippen molar-refractivity contribution in [1.29, 1.82) is 0 Å². The van der Waals surface area contributed by atoms with Crippen LogP contribution in [-0.2, 0) is 15.3 Å². The van der Waals surface area contributed by atoms with Crippen molar-refractivity contribution in [2.75, 3.05) is 23.4 Å². The Labute approximate surface area is 274 Å². The summed E-state index contributed by atoms with van der Waals surface area (Å²) in [6, 6.07) is 15.2. The predicted molar refractivity (Wildman–Crippen MR) is 177 cm³/mol. The number of hydrogen-bond acceptors (Lipinski definition) is 7. The monoisotopic (exact) mass is 650 g/mol. The first-order valence-corrected chi connectivity index (χ1v) is 16.1. The highest BCUT2D eigenvalue weighted by molar-refractivity contribution is 6.30. The molecule has 3 heterocycles. The molecule has 3 aliphatic heterocycles. The third kappa shape index (κ3) is 7.16. The molecule has 2 N–H and O–H groups in total. The van der Waals surface area contributed by atoms with E-state index in [2.05, 4.69) is 17.1 Å². The van der Waals surface area contributed by atoms with Crippen molar-refractivity contribution in [3.05, 3.63) is 88.2 Å². The first-order chi connectivity index (χ1) is 22.0. The van der Waals surface area contributed by atoms with E-state index in [1.165, 1.54) is 13.0 Å². The summed E-state index contributed by atoms with van der Waals surface area (Å²) in [5.74, 6) is -1.68. The van der Waals surface area contributed by atoms with Gasteiger partial charge in [-0.1, -0.05) is 50.4 Å². The Bertz CT molecular complexity index is 1640. The van der Waals surface area contributed by atoms with Crippen molar-refractivity contribution >= 4 is 40.3 Å². The number of nitrogens with zero attached hydrogens (tertiary/aromatic N) is 1. The van der Waals surface area contributed by atoms with Gasteiger partial charge >= 0.3 is 5.97 Å². The van der Waals surface area contributed by atoms with E-state index in [-0.39, 0.29) is 23.6 Å². The molecule has 0 amide bonds. The van der Waals surface area contributed by atoms with Gasteiger partial charge in [-0.2, -0.15) is 0 Å². The second-order valence-electron chi connectivity index (χ2n) is 11.9. The maximum Gasteiger partial charge on any atom is 0.335 e. The number of ether oxygens (including phenoxy) is 3. The number of nitrogens with one attached hydrogen (secondary N) is 1. The van der Waals surface area contributed by atoms with Crippen LogP contribution < -0.4 is 19.7 Å². The van der Waals surface area contributed by atoms with Crippen LogP contribution in [0.4, 0.5) is 15.8 Å². The summed E-state index contributed by atoms with van der Waals surface area (Å²) >= 11 is 5.85. The van der Waals surface area contributed by atoms with Gasteiger partial charge in [-0.05, 0) is 80.3 Å². The number of carboxylic acids is 1. The molecule has 0 bridgehead atoms. The summed E-state index contributed by atoms with van der Waals surface area (Å²) < 4.78 is 32.0. The number of para-hydroxylation sites is 1. The summed E-state index contributed by atoms with van der Waals surface area (Å²) in [6.45, 7) is 9.05. The Balaban J connectivity index is 0.000000187. The van der Waals surface area contributed by atoms with Gasteiger partial charge in [0.15, 0.2) is 17.3 Å². The first kappa shape index (κ1) is 33.3. The molecule has 0 saturated carbocycles. The van der Waals surface area contributed by atoms with E-state index >= 15 is 0 Å². The summed E-state index contributed by atoms with van der Waals surface area (Å²) in [6.07, 6.45) is 6.94. The minimum Gasteiger partial charge on any atom is -0.478 e. The largest absolute Gasteiger partial charge is 0.478 e. The zero-order chi connectivity index (χ0) is 33.0. The number of carbonyl (C=O) groups is 2. The molecule has 0 aromatic heterocycles. The molecule has 1 fully saturated rings. The van der Waals surface area contributed by atoms with Crippen LogP contribution in [0.3, 0.4) is 0 Å². The molecule has 3 aliphatic rings. The zero-order valence-electron chi connectivity index (χ0n) is 26.6. The van der Waals surface area contributed by atoms with Gasteiger partial charge in [0.2, 0.25) is 0 Å². The lowest BCUT2D eigenvalue weighted by atomic mass is 9.99. The molecule has 244 valence electrons. The van der Waals surface area contributed by atoms with Crippen LogP contribution in [0.5, 0.6) is 11.5 Å². The van der Waals surface area contributed by atoms with E-state index in [4.69, 9.17) is 30.9 Å². The normalized spacial score (nSPS) is 21.1. The minimum absolute atomic E-state index is 0.0310. The number of halogens is 2. The Kier molecular flexibility index (Phi) is 10.2. The highest BCUT2D eigenvalue weighted by Crippen LogP contribution is 2.49. The van der Waals surface area contributed by atoms with Crippen molar-refractivity contribution in [1.82, 2.24) is 0 Å². The van der Waals surface area contributed by atoms with Crippen LogP contribution in [0.1, 0.15) is 81.3 Å². The average molecular weight is 651 g/mol. The average Bonchev–Trinajstić information content (AvgIpc) is 3.51. The summed E-state index contributed by atoms with van der Waals surface area (Å²) in [5, 5.41) is 12.9. The summed E-state index contributed by atoms with van der Waals surface area (Å²) in [4.78, 5) is 25.0. The molecule has 10 heteroatoms. The van der Waals surface area contributed by atoms with Crippen molar-refractivity contribution in [2.45, 2.75) is 77.9 Å². The molecule has 3 aromatic carbocycles. The zero-order valence-corrected chi connectivity index (χ0v) is 27.3. The smallest absolute Gasteiger partial charge is 0.335 e. The third-order valence-corrected chi connectivity index (χ3v) is 8.49. The van der Waals surface area contributed by atoms with Gasteiger partial charge in [0.25, 0.3) is 5.79 Å². The second kappa shape index (κ2) is 14.1. The third-order valence-electron chi connectivity index (χ3n) is 8.25. The Morgan fingerprint density at radius 2 is 1.91 bits per heavy atom. The van der Waals surface area contributed by atoms with Crippen molar-refractivity contribution in [3.8, 4) is 11.5 Å². The second-order valence-corrected chi connectivity index (χ2v) is 12.3. The van der Waals surface area contributed by atoms with Crippen molar-refractivity contribution < 1.29 is 33.3 Å². The van der Waals surface area contributed by atoms with E-state index in [0.29, 0.717) is 22.1 Å². The SMILES string of the molecule is CCC/C(=C\C(C)=O)c1cccc2c1O[C@](C)(c1ccc(Cl)cc1F)O2.CCCC1Nc2ccc(C(=O)O)cc2N1CC1CCO1. The van der Waals surface area contributed by atoms with Crippen LogP contribution in [0, 0.1) is 5.82 Å². The Morgan fingerprint density at radius 1 is 1.13 bits per heavy atom. The Morgan fingerprint density at radius 3 is 2.54 bits per heavy atom. The van der Waals surface area contributed by atoms with E-state index in [1.807, 2.05) is 25.1 Å². The molecule has 0 spiro atoms. The van der Waals surface area contributed by atoms with E-state index < -0.39 is 17.6 Å². The molecule has 1 saturated heterocycles.